The van der Waals surface area contributed by atoms with Gasteiger partial charge in [-0.15, -0.1) is 5.10 Å². The van der Waals surface area contributed by atoms with E-state index in [-0.39, 0.29) is 25.1 Å². The molecule has 3 atom stereocenters. The van der Waals surface area contributed by atoms with Crippen LogP contribution in [0.25, 0.3) is 0 Å². The summed E-state index contributed by atoms with van der Waals surface area (Å²) in [6.07, 6.45) is 1.15. The molecule has 4 rings (SSSR count). The largest absolute Gasteiger partial charge is 0.609 e. The summed E-state index contributed by atoms with van der Waals surface area (Å²) in [6, 6.07) is 14.2. The molecule has 30 heavy (non-hydrogen) atoms. The Kier molecular flexibility index (Phi) is 6.16. The average Bonchev–Trinajstić information content (AvgIpc) is 3.35. The Bertz CT molecular complexity index is 985. The van der Waals surface area contributed by atoms with Gasteiger partial charge in [0.1, 0.15) is 24.8 Å². The number of aryl methyl sites for hydroxylation is 1. The normalized spacial score (nSPS) is 22.2. The van der Waals surface area contributed by atoms with Crippen LogP contribution in [-0.2, 0) is 33.5 Å². The Hall–Kier alpha value is -2.30. The van der Waals surface area contributed by atoms with Crippen molar-refractivity contribution in [2.24, 2.45) is 7.05 Å². The van der Waals surface area contributed by atoms with Gasteiger partial charge in [-0.25, -0.2) is 0 Å². The van der Waals surface area contributed by atoms with Crippen LogP contribution >= 0.6 is 11.6 Å². The molecule has 1 aliphatic heterocycles. The highest BCUT2D eigenvalue weighted by Gasteiger charge is 2.48. The van der Waals surface area contributed by atoms with Gasteiger partial charge in [-0.3, -0.25) is 4.57 Å². The molecule has 2 N–H and O–H groups in total. The maximum absolute atomic E-state index is 13.0. The van der Waals surface area contributed by atoms with Crippen molar-refractivity contribution in [2.45, 2.75) is 17.0 Å². The fourth-order valence-corrected chi connectivity index (χ4v) is 4.56. The summed E-state index contributed by atoms with van der Waals surface area (Å²) in [6.45, 7) is 0.559. The lowest BCUT2D eigenvalue weighted by Gasteiger charge is -2.28. The maximum Gasteiger partial charge on any atom is 0.343 e. The van der Waals surface area contributed by atoms with E-state index in [4.69, 9.17) is 31.5 Å². The number of ether oxygens (including phenoxy) is 3. The van der Waals surface area contributed by atoms with Crippen molar-refractivity contribution in [1.29, 1.82) is 0 Å². The Balaban J connectivity index is 1.51. The van der Waals surface area contributed by atoms with E-state index in [0.29, 0.717) is 21.6 Å². The molecule has 1 saturated heterocycles. The molecule has 0 saturated carbocycles. The number of anilines is 1. The van der Waals surface area contributed by atoms with Gasteiger partial charge in [0.05, 0.1) is 6.61 Å². The van der Waals surface area contributed by atoms with E-state index in [2.05, 4.69) is 10.2 Å². The molecule has 0 radical (unpaired) electrons. The van der Waals surface area contributed by atoms with Crippen LogP contribution < -0.4 is 10.5 Å². The number of halogens is 1. The quantitative estimate of drug-likeness (QED) is 0.437. The molecule has 0 amide bonds. The number of nitrogen functional groups attached to an aromatic ring is 1. The number of benzene rings is 2. The summed E-state index contributed by atoms with van der Waals surface area (Å²) in [5.74, 6) is -0.477. The molecule has 10 heteroatoms. The highest BCUT2D eigenvalue weighted by Crippen LogP contribution is 2.37. The summed E-state index contributed by atoms with van der Waals surface area (Å²) in [4.78, 5) is 0. The monoisotopic (exact) mass is 448 g/mol. The third kappa shape index (κ3) is 4.55. The first-order valence-electron chi connectivity index (χ1n) is 9.24. The lowest BCUT2D eigenvalue weighted by molar-refractivity contribution is -0.161. The third-order valence-electron chi connectivity index (χ3n) is 4.65. The standard InChI is InChI=1S/C20H21ClN4O4S/c1-25-13-23-24-19(25)30(26)12-20(14-2-4-15(21)5-3-14)28-11-18(29-20)10-27-17-8-6-16(22)7-9-17/h2-9,13,18H,10-12,22H2,1H3/t18-,20+,30?/m1/s1. The molecule has 1 aliphatic rings. The minimum Gasteiger partial charge on any atom is -0.609 e. The Morgan fingerprint density at radius 1 is 1.27 bits per heavy atom. The van der Waals surface area contributed by atoms with E-state index < -0.39 is 17.0 Å². The van der Waals surface area contributed by atoms with E-state index in [1.54, 1.807) is 60.1 Å². The molecular weight excluding hydrogens is 428 g/mol. The van der Waals surface area contributed by atoms with Gasteiger partial charge in [0, 0.05) is 34.5 Å². The molecule has 2 aromatic carbocycles. The number of hydrogen-bond acceptors (Lipinski definition) is 7. The fourth-order valence-electron chi connectivity index (χ4n) is 3.13. The first kappa shape index (κ1) is 21.0. The first-order chi connectivity index (χ1) is 14.4. The van der Waals surface area contributed by atoms with Gasteiger partial charge < -0.3 is 24.5 Å². The van der Waals surface area contributed by atoms with Gasteiger partial charge >= 0.3 is 5.16 Å². The van der Waals surface area contributed by atoms with E-state index in [0.717, 1.165) is 5.56 Å². The molecular formula is C20H21ClN4O4S. The highest BCUT2D eigenvalue weighted by atomic mass is 35.5. The van der Waals surface area contributed by atoms with E-state index in [9.17, 15) is 4.55 Å². The SMILES string of the molecule is Cn1cnnc1[S+]([O-])C[C@]1(c2ccc(Cl)cc2)OC[C@@H](COc2ccc(N)cc2)O1. The number of rotatable bonds is 7. The summed E-state index contributed by atoms with van der Waals surface area (Å²) in [5.41, 5.74) is 7.09. The van der Waals surface area contributed by atoms with Gasteiger partial charge in [-0.1, -0.05) is 28.8 Å². The lowest BCUT2D eigenvalue weighted by atomic mass is 10.1. The van der Waals surface area contributed by atoms with E-state index in [1.807, 2.05) is 0 Å². The second-order valence-electron chi connectivity index (χ2n) is 6.90. The van der Waals surface area contributed by atoms with Crippen molar-refractivity contribution in [3.8, 4) is 5.75 Å². The zero-order valence-corrected chi connectivity index (χ0v) is 17.8. The van der Waals surface area contributed by atoms with Crippen molar-refractivity contribution >= 4 is 28.5 Å². The topological polar surface area (TPSA) is 107 Å². The van der Waals surface area contributed by atoms with Crippen LogP contribution in [-0.4, -0.2) is 44.4 Å². The molecule has 2 heterocycles. The average molecular weight is 449 g/mol. The maximum atomic E-state index is 13.0. The zero-order valence-electron chi connectivity index (χ0n) is 16.2. The lowest BCUT2D eigenvalue weighted by Crippen LogP contribution is -2.37. The smallest absolute Gasteiger partial charge is 0.343 e. The molecule has 158 valence electrons. The van der Waals surface area contributed by atoms with Crippen LogP contribution in [0.2, 0.25) is 5.02 Å². The van der Waals surface area contributed by atoms with Gasteiger partial charge in [0.15, 0.2) is 5.75 Å². The minimum absolute atomic E-state index is 0.0551. The molecule has 0 aliphatic carbocycles. The Labute approximate surface area is 182 Å². The molecule has 1 aromatic heterocycles. The predicted molar refractivity (Wildman–Crippen MR) is 113 cm³/mol. The fraction of sp³-hybridized carbons (Fsp3) is 0.300. The van der Waals surface area contributed by atoms with Crippen molar-refractivity contribution in [1.82, 2.24) is 14.8 Å². The van der Waals surface area contributed by atoms with Crippen LogP contribution in [0.1, 0.15) is 5.56 Å². The second kappa shape index (κ2) is 8.83. The Morgan fingerprint density at radius 3 is 2.67 bits per heavy atom. The third-order valence-corrected chi connectivity index (χ3v) is 6.33. The molecule has 3 aromatic rings. The van der Waals surface area contributed by atoms with Gasteiger partial charge in [0.25, 0.3) is 0 Å². The van der Waals surface area contributed by atoms with Gasteiger partial charge in [-0.2, -0.15) is 0 Å². The van der Waals surface area contributed by atoms with Crippen LogP contribution in [0, 0.1) is 0 Å². The summed E-state index contributed by atoms with van der Waals surface area (Å²) in [5, 5.41) is 8.68. The Morgan fingerprint density at radius 2 is 2.00 bits per heavy atom. The molecule has 1 fully saturated rings. The van der Waals surface area contributed by atoms with Crippen LogP contribution in [0.15, 0.2) is 60.0 Å². The summed E-state index contributed by atoms with van der Waals surface area (Å²) >= 11 is 4.53. The molecule has 0 spiro atoms. The van der Waals surface area contributed by atoms with Crippen LogP contribution in [0.5, 0.6) is 5.75 Å². The van der Waals surface area contributed by atoms with Crippen LogP contribution in [0.3, 0.4) is 0 Å². The van der Waals surface area contributed by atoms with Gasteiger partial charge in [-0.05, 0) is 36.4 Å². The number of hydrogen-bond donors (Lipinski definition) is 1. The molecule has 1 unspecified atom stereocenters. The minimum atomic E-state index is -1.50. The van der Waals surface area contributed by atoms with Gasteiger partial charge in [0.2, 0.25) is 5.79 Å². The van der Waals surface area contributed by atoms with Crippen molar-refractivity contribution < 1.29 is 18.8 Å². The van der Waals surface area contributed by atoms with E-state index in [1.165, 1.54) is 6.33 Å². The van der Waals surface area contributed by atoms with Crippen molar-refractivity contribution in [2.75, 3.05) is 24.7 Å². The van der Waals surface area contributed by atoms with Crippen molar-refractivity contribution in [3.63, 3.8) is 0 Å². The van der Waals surface area contributed by atoms with Crippen LogP contribution in [0.4, 0.5) is 5.69 Å². The number of aromatic nitrogens is 3. The summed E-state index contributed by atoms with van der Waals surface area (Å²) in [7, 11) is 1.74. The zero-order chi connectivity index (χ0) is 21.1. The van der Waals surface area contributed by atoms with Crippen molar-refractivity contribution in [3.05, 3.63) is 65.4 Å². The van der Waals surface area contributed by atoms with E-state index >= 15 is 0 Å². The second-order valence-corrected chi connectivity index (χ2v) is 8.69. The highest BCUT2D eigenvalue weighted by molar-refractivity contribution is 7.91. The first-order valence-corrected chi connectivity index (χ1v) is 10.9. The summed E-state index contributed by atoms with van der Waals surface area (Å²) < 4.78 is 32.8. The number of nitrogens with two attached hydrogens (primary N) is 1. The molecule has 0 bridgehead atoms. The molecule has 8 nitrogen and oxygen atoms in total. The number of nitrogens with zero attached hydrogens (tertiary/aromatic N) is 3. The predicted octanol–water partition coefficient (Wildman–Crippen LogP) is 2.51.